The van der Waals surface area contributed by atoms with E-state index in [0.29, 0.717) is 0 Å². The Morgan fingerprint density at radius 1 is 1.30 bits per heavy atom. The van der Waals surface area contributed by atoms with Crippen LogP contribution in [0.25, 0.3) is 0 Å². The number of thiophene rings is 1. The van der Waals surface area contributed by atoms with Crippen molar-refractivity contribution < 1.29 is 27.8 Å². The first-order valence-electron chi connectivity index (χ1n) is 5.47. The van der Waals surface area contributed by atoms with Gasteiger partial charge in [-0.2, -0.15) is 13.2 Å². The molecule has 3 nitrogen and oxygen atoms in total. The van der Waals surface area contributed by atoms with Crippen LogP contribution in [0.2, 0.25) is 0 Å². The molecular weight excluding hydrogens is 293 g/mol. The van der Waals surface area contributed by atoms with Crippen LogP contribution in [-0.4, -0.2) is 11.1 Å². The van der Waals surface area contributed by atoms with E-state index in [1.807, 2.05) is 0 Å². The molecule has 0 aliphatic rings. The van der Waals surface area contributed by atoms with E-state index < -0.39 is 17.7 Å². The standard InChI is InChI=1S/C13H9F3O3S/c14-13(15,16)10-4-2-1-3-8(10)6-19-9-5-11(12(17)18)20-7-9/h1-5,7H,6H2,(H,17,18). The molecule has 1 N–H and O–H groups in total. The number of rotatable bonds is 4. The van der Waals surface area contributed by atoms with Crippen molar-refractivity contribution in [3.8, 4) is 5.75 Å². The zero-order valence-corrected chi connectivity index (χ0v) is 10.8. The monoisotopic (exact) mass is 302 g/mol. The van der Waals surface area contributed by atoms with Gasteiger partial charge in [-0.1, -0.05) is 18.2 Å². The first-order chi connectivity index (χ1) is 9.38. The molecule has 0 saturated carbocycles. The Morgan fingerprint density at radius 2 is 2.00 bits per heavy atom. The molecule has 2 aromatic rings. The normalized spacial score (nSPS) is 11.3. The van der Waals surface area contributed by atoms with Gasteiger partial charge in [0.1, 0.15) is 17.2 Å². The van der Waals surface area contributed by atoms with Gasteiger partial charge in [0.2, 0.25) is 0 Å². The Labute approximate surface area is 116 Å². The number of halogens is 3. The number of carbonyl (C=O) groups is 1. The average molecular weight is 302 g/mol. The average Bonchev–Trinajstić information content (AvgIpc) is 2.84. The summed E-state index contributed by atoms with van der Waals surface area (Å²) < 4.78 is 43.5. The summed E-state index contributed by atoms with van der Waals surface area (Å²) in [5, 5.41) is 10.2. The third-order valence-corrected chi connectivity index (χ3v) is 3.40. The molecule has 0 radical (unpaired) electrons. The van der Waals surface area contributed by atoms with Gasteiger partial charge in [-0.15, -0.1) is 11.3 Å². The lowest BCUT2D eigenvalue weighted by Crippen LogP contribution is -2.10. The zero-order chi connectivity index (χ0) is 14.8. The van der Waals surface area contributed by atoms with Gasteiger partial charge in [0.15, 0.2) is 0 Å². The highest BCUT2D eigenvalue weighted by Crippen LogP contribution is 2.32. The number of carboxylic acids is 1. The largest absolute Gasteiger partial charge is 0.488 e. The number of alkyl halides is 3. The summed E-state index contributed by atoms with van der Waals surface area (Å²) in [5.41, 5.74) is -0.753. The van der Waals surface area contributed by atoms with Gasteiger partial charge in [0, 0.05) is 17.0 Å². The maximum absolute atomic E-state index is 12.8. The van der Waals surface area contributed by atoms with Crippen molar-refractivity contribution in [2.24, 2.45) is 0 Å². The van der Waals surface area contributed by atoms with Crippen molar-refractivity contribution in [1.82, 2.24) is 0 Å². The first-order valence-corrected chi connectivity index (χ1v) is 6.35. The third-order valence-electron chi connectivity index (χ3n) is 2.50. The number of ether oxygens (including phenoxy) is 1. The van der Waals surface area contributed by atoms with Gasteiger partial charge >= 0.3 is 12.1 Å². The molecule has 0 bridgehead atoms. The Bertz CT molecular complexity index is 619. The summed E-state index contributed by atoms with van der Waals surface area (Å²) >= 11 is 0.956. The van der Waals surface area contributed by atoms with Crippen LogP contribution in [0.5, 0.6) is 5.75 Å². The molecule has 0 saturated heterocycles. The predicted molar refractivity (Wildman–Crippen MR) is 67.1 cm³/mol. The molecular formula is C13H9F3O3S. The fourth-order valence-electron chi connectivity index (χ4n) is 1.59. The van der Waals surface area contributed by atoms with Crippen molar-refractivity contribution in [3.63, 3.8) is 0 Å². The molecule has 0 aliphatic heterocycles. The second-order valence-electron chi connectivity index (χ2n) is 3.90. The number of hydrogen-bond donors (Lipinski definition) is 1. The van der Waals surface area contributed by atoms with Crippen molar-refractivity contribution in [2.45, 2.75) is 12.8 Å². The summed E-state index contributed by atoms with van der Waals surface area (Å²) in [6, 6.07) is 6.38. The van der Waals surface area contributed by atoms with E-state index in [9.17, 15) is 18.0 Å². The summed E-state index contributed by atoms with van der Waals surface area (Å²) in [6.07, 6.45) is -4.44. The quantitative estimate of drug-likeness (QED) is 0.927. The van der Waals surface area contributed by atoms with E-state index in [4.69, 9.17) is 9.84 Å². The first kappa shape index (κ1) is 14.4. The highest BCUT2D eigenvalue weighted by atomic mass is 32.1. The molecule has 1 aromatic heterocycles. The molecule has 1 heterocycles. The smallest absolute Gasteiger partial charge is 0.416 e. The summed E-state index contributed by atoms with van der Waals surface area (Å²) in [4.78, 5) is 10.8. The van der Waals surface area contributed by atoms with E-state index >= 15 is 0 Å². The third kappa shape index (κ3) is 3.30. The minimum atomic E-state index is -4.44. The maximum atomic E-state index is 12.8. The Hall–Kier alpha value is -2.02. The molecule has 0 atom stereocenters. The van der Waals surface area contributed by atoms with Gasteiger partial charge < -0.3 is 9.84 Å². The molecule has 106 valence electrons. The van der Waals surface area contributed by atoms with Crippen LogP contribution in [0.1, 0.15) is 20.8 Å². The Morgan fingerprint density at radius 3 is 2.60 bits per heavy atom. The highest BCUT2D eigenvalue weighted by Gasteiger charge is 2.32. The zero-order valence-electron chi connectivity index (χ0n) is 9.98. The van der Waals surface area contributed by atoms with E-state index in [2.05, 4.69) is 0 Å². The molecule has 0 spiro atoms. The van der Waals surface area contributed by atoms with Crippen LogP contribution in [0.15, 0.2) is 35.7 Å². The molecule has 0 aliphatic carbocycles. The summed E-state index contributed by atoms with van der Waals surface area (Å²) in [5.74, 6) is -0.857. The number of carboxylic acid groups (broad SMARTS) is 1. The number of aromatic carboxylic acids is 1. The molecule has 0 amide bonds. The Kier molecular flexibility index (Phi) is 3.99. The number of hydrogen-bond acceptors (Lipinski definition) is 3. The van der Waals surface area contributed by atoms with Crippen LogP contribution in [0, 0.1) is 0 Å². The summed E-state index contributed by atoms with van der Waals surface area (Å²) in [7, 11) is 0. The maximum Gasteiger partial charge on any atom is 0.416 e. The molecule has 2 rings (SSSR count). The molecule has 1 aromatic carbocycles. The van der Waals surface area contributed by atoms with Crippen molar-refractivity contribution in [2.75, 3.05) is 0 Å². The minimum Gasteiger partial charge on any atom is -0.488 e. The number of benzene rings is 1. The van der Waals surface area contributed by atoms with Crippen molar-refractivity contribution in [1.29, 1.82) is 0 Å². The SMILES string of the molecule is O=C(O)c1cc(OCc2ccccc2C(F)(F)F)cs1. The van der Waals surface area contributed by atoms with E-state index in [1.165, 1.54) is 29.6 Å². The van der Waals surface area contributed by atoms with E-state index in [0.717, 1.165) is 17.4 Å². The van der Waals surface area contributed by atoms with Gasteiger partial charge in [-0.25, -0.2) is 4.79 Å². The van der Waals surface area contributed by atoms with Gasteiger partial charge in [-0.05, 0) is 6.07 Å². The Balaban J connectivity index is 2.13. The predicted octanol–water partition coefficient (Wildman–Crippen LogP) is 4.04. The fraction of sp³-hybridized carbons (Fsp3) is 0.154. The lowest BCUT2D eigenvalue weighted by molar-refractivity contribution is -0.138. The van der Waals surface area contributed by atoms with Gasteiger partial charge in [-0.3, -0.25) is 0 Å². The fourth-order valence-corrected chi connectivity index (χ4v) is 2.25. The van der Waals surface area contributed by atoms with Crippen LogP contribution < -0.4 is 4.74 Å². The lowest BCUT2D eigenvalue weighted by Gasteiger charge is -2.12. The van der Waals surface area contributed by atoms with Gasteiger partial charge in [0.05, 0.1) is 5.56 Å². The summed E-state index contributed by atoms with van der Waals surface area (Å²) in [6.45, 7) is -0.272. The van der Waals surface area contributed by atoms with Crippen LogP contribution >= 0.6 is 11.3 Å². The molecule has 20 heavy (non-hydrogen) atoms. The molecule has 0 unspecified atom stereocenters. The highest BCUT2D eigenvalue weighted by molar-refractivity contribution is 7.12. The van der Waals surface area contributed by atoms with Crippen LogP contribution in [0.3, 0.4) is 0 Å². The molecule has 7 heteroatoms. The van der Waals surface area contributed by atoms with Crippen molar-refractivity contribution >= 4 is 17.3 Å². The topological polar surface area (TPSA) is 46.5 Å². The van der Waals surface area contributed by atoms with Crippen molar-refractivity contribution in [3.05, 3.63) is 51.7 Å². The second kappa shape index (κ2) is 5.54. The van der Waals surface area contributed by atoms with Gasteiger partial charge in [0.25, 0.3) is 0 Å². The minimum absolute atomic E-state index is 0.00285. The lowest BCUT2D eigenvalue weighted by atomic mass is 10.1. The second-order valence-corrected chi connectivity index (χ2v) is 4.81. The molecule has 0 fully saturated rings. The van der Waals surface area contributed by atoms with Crippen LogP contribution in [-0.2, 0) is 12.8 Å². The van der Waals surface area contributed by atoms with E-state index in [1.54, 1.807) is 0 Å². The van der Waals surface area contributed by atoms with Crippen LogP contribution in [0.4, 0.5) is 13.2 Å². The van der Waals surface area contributed by atoms with E-state index in [-0.39, 0.29) is 22.8 Å².